The van der Waals surface area contributed by atoms with Crippen LogP contribution in [0, 0.1) is 12.8 Å². The van der Waals surface area contributed by atoms with Gasteiger partial charge < -0.3 is 20.3 Å². The molecule has 0 aliphatic carbocycles. The van der Waals surface area contributed by atoms with E-state index < -0.39 is 0 Å². The third-order valence-electron chi connectivity index (χ3n) is 6.10. The number of ether oxygens (including phenoxy) is 1. The second-order valence-electron chi connectivity index (χ2n) is 8.49. The number of hydrogen-bond acceptors (Lipinski definition) is 5. The van der Waals surface area contributed by atoms with E-state index in [2.05, 4.69) is 15.5 Å². The Kier molecular flexibility index (Phi) is 7.01. The fourth-order valence-electron chi connectivity index (χ4n) is 4.41. The summed E-state index contributed by atoms with van der Waals surface area (Å²) in [6, 6.07) is 7.45. The first-order chi connectivity index (χ1) is 15.4. The van der Waals surface area contributed by atoms with Gasteiger partial charge in [0.05, 0.1) is 17.5 Å². The van der Waals surface area contributed by atoms with Gasteiger partial charge in [-0.3, -0.25) is 9.59 Å². The van der Waals surface area contributed by atoms with Crippen LogP contribution in [-0.4, -0.2) is 53.9 Å². The maximum atomic E-state index is 12.7. The molecule has 2 saturated heterocycles. The lowest BCUT2D eigenvalue weighted by atomic mass is 9.95. The zero-order valence-electron chi connectivity index (χ0n) is 18.6. The average molecular weight is 460 g/mol. The van der Waals surface area contributed by atoms with E-state index in [1.54, 1.807) is 0 Å². The monoisotopic (exact) mass is 459 g/mol. The largest absolute Gasteiger partial charge is 0.376 e. The molecule has 0 unspecified atom stereocenters. The van der Waals surface area contributed by atoms with Crippen molar-refractivity contribution in [3.8, 4) is 5.69 Å². The quantitative estimate of drug-likeness (QED) is 0.691. The Labute approximate surface area is 193 Å². The molecule has 1 aromatic carbocycles. The van der Waals surface area contributed by atoms with Gasteiger partial charge in [0.1, 0.15) is 5.69 Å². The second-order valence-corrected chi connectivity index (χ2v) is 8.93. The van der Waals surface area contributed by atoms with Gasteiger partial charge in [0, 0.05) is 44.1 Å². The first-order valence-corrected chi connectivity index (χ1v) is 11.6. The summed E-state index contributed by atoms with van der Waals surface area (Å²) in [6.07, 6.45) is 3.70. The summed E-state index contributed by atoms with van der Waals surface area (Å²) in [5, 5.41) is 11.3. The van der Waals surface area contributed by atoms with Crippen LogP contribution < -0.4 is 15.5 Å². The Morgan fingerprint density at radius 1 is 1.19 bits per heavy atom. The van der Waals surface area contributed by atoms with Crippen LogP contribution in [0.25, 0.3) is 5.69 Å². The van der Waals surface area contributed by atoms with Crippen molar-refractivity contribution in [3.63, 3.8) is 0 Å². The molecule has 2 aliphatic heterocycles. The van der Waals surface area contributed by atoms with Gasteiger partial charge in [-0.2, -0.15) is 5.10 Å². The van der Waals surface area contributed by atoms with Gasteiger partial charge in [-0.15, -0.1) is 0 Å². The van der Waals surface area contributed by atoms with Gasteiger partial charge in [0.2, 0.25) is 11.8 Å². The number of carbonyl (C=O) groups is 2. The highest BCUT2D eigenvalue weighted by Crippen LogP contribution is 2.35. The van der Waals surface area contributed by atoms with Gasteiger partial charge >= 0.3 is 0 Å². The van der Waals surface area contributed by atoms with Gasteiger partial charge in [0.15, 0.2) is 5.82 Å². The van der Waals surface area contributed by atoms with Gasteiger partial charge in [-0.25, -0.2) is 4.68 Å². The van der Waals surface area contributed by atoms with Gasteiger partial charge in [-0.05, 0) is 56.9 Å². The van der Waals surface area contributed by atoms with Crippen molar-refractivity contribution in [3.05, 3.63) is 35.0 Å². The highest BCUT2D eigenvalue weighted by molar-refractivity contribution is 6.30. The SMILES string of the molecule is CC(=O)Nc1c(C)nn(-c2ccc(Cl)cc2)c1N1CCC(C(=O)NC[C@H]2CCCO2)CC1. The van der Waals surface area contributed by atoms with Crippen LogP contribution in [0.5, 0.6) is 0 Å². The number of aromatic nitrogens is 2. The molecule has 0 spiro atoms. The molecule has 2 N–H and O–H groups in total. The van der Waals surface area contributed by atoms with Crippen molar-refractivity contribution < 1.29 is 14.3 Å². The number of hydrogen-bond donors (Lipinski definition) is 2. The summed E-state index contributed by atoms with van der Waals surface area (Å²) in [5.74, 6) is 0.765. The molecule has 0 radical (unpaired) electrons. The predicted molar refractivity (Wildman–Crippen MR) is 125 cm³/mol. The number of rotatable bonds is 6. The summed E-state index contributed by atoms with van der Waals surface area (Å²) < 4.78 is 7.44. The fourth-order valence-corrected chi connectivity index (χ4v) is 4.54. The van der Waals surface area contributed by atoms with Gasteiger partial charge in [-0.1, -0.05) is 11.6 Å². The van der Waals surface area contributed by atoms with Crippen LogP contribution >= 0.6 is 11.6 Å². The summed E-state index contributed by atoms with van der Waals surface area (Å²) in [4.78, 5) is 26.7. The Balaban J connectivity index is 1.49. The molecule has 8 nitrogen and oxygen atoms in total. The number of nitrogens with zero attached hydrogens (tertiary/aromatic N) is 3. The van der Waals surface area contributed by atoms with Crippen molar-refractivity contribution in [2.24, 2.45) is 5.92 Å². The van der Waals surface area contributed by atoms with Crippen LogP contribution in [-0.2, 0) is 14.3 Å². The molecule has 172 valence electrons. The van der Waals surface area contributed by atoms with Gasteiger partial charge in [0.25, 0.3) is 0 Å². The maximum Gasteiger partial charge on any atom is 0.223 e. The Morgan fingerprint density at radius 3 is 2.53 bits per heavy atom. The number of anilines is 2. The summed E-state index contributed by atoms with van der Waals surface area (Å²) in [6.45, 7) is 6.15. The topological polar surface area (TPSA) is 88.5 Å². The van der Waals surface area contributed by atoms with Crippen LogP contribution in [0.4, 0.5) is 11.5 Å². The lowest BCUT2D eigenvalue weighted by Gasteiger charge is -2.33. The molecular formula is C23H30ClN5O3. The zero-order chi connectivity index (χ0) is 22.7. The first kappa shape index (κ1) is 22.6. The number of benzene rings is 1. The number of halogens is 1. The van der Waals surface area contributed by atoms with E-state index in [1.807, 2.05) is 35.9 Å². The lowest BCUT2D eigenvalue weighted by molar-refractivity contribution is -0.126. The third kappa shape index (κ3) is 5.07. The van der Waals surface area contributed by atoms with Crippen molar-refractivity contribution >= 4 is 34.9 Å². The van der Waals surface area contributed by atoms with E-state index in [0.717, 1.165) is 49.5 Å². The van der Waals surface area contributed by atoms with E-state index in [0.29, 0.717) is 30.3 Å². The standard InChI is InChI=1S/C23H30ClN5O3/c1-15-21(26-16(2)30)23(29(27-15)19-7-5-18(24)6-8-19)28-11-9-17(10-12-28)22(31)25-14-20-4-3-13-32-20/h5-8,17,20H,3-4,9-14H2,1-2H3,(H,25,31)(H,26,30)/t20-/m1/s1. The molecule has 4 rings (SSSR count). The summed E-state index contributed by atoms with van der Waals surface area (Å²) in [5.41, 5.74) is 2.30. The molecule has 2 fully saturated rings. The normalized spacial score (nSPS) is 19.2. The highest BCUT2D eigenvalue weighted by Gasteiger charge is 2.30. The molecule has 2 aliphatic rings. The van der Waals surface area contributed by atoms with Crippen molar-refractivity contribution in [1.82, 2.24) is 15.1 Å². The molecule has 1 atom stereocenters. The number of carbonyl (C=O) groups excluding carboxylic acids is 2. The van der Waals surface area contributed by atoms with Crippen LogP contribution in [0.15, 0.2) is 24.3 Å². The molecule has 2 amide bonds. The van der Waals surface area contributed by atoms with Crippen molar-refractivity contribution in [1.29, 1.82) is 0 Å². The molecule has 3 heterocycles. The fraction of sp³-hybridized carbons (Fsp3) is 0.522. The van der Waals surface area contributed by atoms with E-state index in [4.69, 9.17) is 21.4 Å². The molecule has 1 aromatic heterocycles. The highest BCUT2D eigenvalue weighted by atomic mass is 35.5. The lowest BCUT2D eigenvalue weighted by Crippen LogP contribution is -2.43. The Morgan fingerprint density at radius 2 is 1.91 bits per heavy atom. The number of aryl methyl sites for hydroxylation is 1. The second kappa shape index (κ2) is 9.92. The Bertz CT molecular complexity index is 961. The summed E-state index contributed by atoms with van der Waals surface area (Å²) >= 11 is 6.06. The minimum Gasteiger partial charge on any atom is -0.376 e. The van der Waals surface area contributed by atoms with Crippen molar-refractivity contribution in [2.75, 3.05) is 36.5 Å². The third-order valence-corrected chi connectivity index (χ3v) is 6.35. The summed E-state index contributed by atoms with van der Waals surface area (Å²) in [7, 11) is 0. The predicted octanol–water partition coefficient (Wildman–Crippen LogP) is 3.30. The minimum atomic E-state index is -0.145. The zero-order valence-corrected chi connectivity index (χ0v) is 19.3. The molecule has 32 heavy (non-hydrogen) atoms. The van der Waals surface area contributed by atoms with Crippen molar-refractivity contribution in [2.45, 2.75) is 45.6 Å². The molecule has 0 bridgehead atoms. The number of amides is 2. The maximum absolute atomic E-state index is 12.7. The molecule has 0 saturated carbocycles. The molecule has 9 heteroatoms. The van der Waals surface area contributed by atoms with E-state index in [9.17, 15) is 9.59 Å². The average Bonchev–Trinajstić information content (AvgIpc) is 3.41. The van der Waals surface area contributed by atoms with E-state index in [-0.39, 0.29) is 23.8 Å². The Hall–Kier alpha value is -2.58. The smallest absolute Gasteiger partial charge is 0.223 e. The van der Waals surface area contributed by atoms with Crippen LogP contribution in [0.2, 0.25) is 5.02 Å². The van der Waals surface area contributed by atoms with E-state index >= 15 is 0 Å². The first-order valence-electron chi connectivity index (χ1n) is 11.2. The van der Waals surface area contributed by atoms with E-state index in [1.165, 1.54) is 6.92 Å². The number of piperidine rings is 1. The number of nitrogens with one attached hydrogen (secondary N) is 2. The van der Waals surface area contributed by atoms with Crippen LogP contribution in [0.3, 0.4) is 0 Å². The molecule has 2 aromatic rings. The van der Waals surface area contributed by atoms with Crippen LogP contribution in [0.1, 0.15) is 38.3 Å². The molecular weight excluding hydrogens is 430 g/mol. The minimum absolute atomic E-state index is 0.0233.